The fourth-order valence-corrected chi connectivity index (χ4v) is 3.07. The Kier molecular flexibility index (Phi) is 5.06. The first-order valence-corrected chi connectivity index (χ1v) is 7.76. The average molecular weight is 295 g/mol. The first-order valence-electron chi connectivity index (χ1n) is 7.38. The SMILES string of the molecule is CCN(Cc1ccccc1Cl)C(=O)C1(N)CCCCC1. The second kappa shape index (κ2) is 6.59. The first kappa shape index (κ1) is 15.3. The van der Waals surface area contributed by atoms with Crippen LogP contribution in [0.25, 0.3) is 0 Å². The molecule has 3 nitrogen and oxygen atoms in total. The molecule has 2 N–H and O–H groups in total. The maximum atomic E-state index is 12.7. The van der Waals surface area contributed by atoms with E-state index in [4.69, 9.17) is 17.3 Å². The number of halogens is 1. The number of hydrogen-bond donors (Lipinski definition) is 1. The minimum absolute atomic E-state index is 0.0691. The van der Waals surface area contributed by atoms with E-state index in [1.807, 2.05) is 36.1 Å². The zero-order chi connectivity index (χ0) is 14.6. The van der Waals surface area contributed by atoms with Gasteiger partial charge in [0, 0.05) is 18.1 Å². The van der Waals surface area contributed by atoms with Crippen LogP contribution < -0.4 is 5.73 Å². The molecule has 0 atom stereocenters. The van der Waals surface area contributed by atoms with E-state index in [1.165, 1.54) is 6.42 Å². The van der Waals surface area contributed by atoms with E-state index < -0.39 is 5.54 Å². The monoisotopic (exact) mass is 294 g/mol. The van der Waals surface area contributed by atoms with Crippen LogP contribution in [0.2, 0.25) is 5.02 Å². The minimum atomic E-state index is -0.671. The molecule has 2 rings (SSSR count). The van der Waals surface area contributed by atoms with E-state index in [0.29, 0.717) is 18.1 Å². The third-order valence-electron chi connectivity index (χ3n) is 4.16. The van der Waals surface area contributed by atoms with E-state index in [0.717, 1.165) is 31.2 Å². The molecule has 0 bridgehead atoms. The molecule has 0 unspecified atom stereocenters. The van der Waals surface area contributed by atoms with Crippen molar-refractivity contribution in [2.75, 3.05) is 6.54 Å². The zero-order valence-corrected chi connectivity index (χ0v) is 12.8. The Bertz CT molecular complexity index is 469. The Morgan fingerprint density at radius 2 is 1.95 bits per heavy atom. The van der Waals surface area contributed by atoms with Crippen molar-refractivity contribution in [3.05, 3.63) is 34.9 Å². The summed E-state index contributed by atoms with van der Waals surface area (Å²) in [7, 11) is 0. The maximum absolute atomic E-state index is 12.7. The Morgan fingerprint density at radius 1 is 1.30 bits per heavy atom. The Morgan fingerprint density at radius 3 is 2.55 bits per heavy atom. The van der Waals surface area contributed by atoms with Crippen LogP contribution in [0.3, 0.4) is 0 Å². The number of carbonyl (C=O) groups is 1. The van der Waals surface area contributed by atoms with Gasteiger partial charge in [-0.15, -0.1) is 0 Å². The molecule has 1 aliphatic rings. The van der Waals surface area contributed by atoms with E-state index in [9.17, 15) is 4.79 Å². The van der Waals surface area contributed by atoms with Gasteiger partial charge in [-0.25, -0.2) is 0 Å². The van der Waals surface area contributed by atoms with Gasteiger partial charge in [0.1, 0.15) is 0 Å². The fourth-order valence-electron chi connectivity index (χ4n) is 2.87. The topological polar surface area (TPSA) is 46.3 Å². The van der Waals surface area contributed by atoms with Crippen LogP contribution in [0.4, 0.5) is 0 Å². The van der Waals surface area contributed by atoms with Gasteiger partial charge in [-0.05, 0) is 31.4 Å². The van der Waals surface area contributed by atoms with Gasteiger partial charge >= 0.3 is 0 Å². The summed E-state index contributed by atoms with van der Waals surface area (Å²) < 4.78 is 0. The van der Waals surface area contributed by atoms with Crippen molar-refractivity contribution in [1.29, 1.82) is 0 Å². The highest BCUT2D eigenvalue weighted by Gasteiger charge is 2.37. The lowest BCUT2D eigenvalue weighted by Gasteiger charge is -2.36. The van der Waals surface area contributed by atoms with Crippen molar-refractivity contribution in [3.8, 4) is 0 Å². The molecule has 0 aliphatic heterocycles. The zero-order valence-electron chi connectivity index (χ0n) is 12.1. The predicted molar refractivity (Wildman–Crippen MR) is 82.5 cm³/mol. The lowest BCUT2D eigenvalue weighted by Crippen LogP contribution is -2.56. The third kappa shape index (κ3) is 3.33. The molecule has 1 saturated carbocycles. The summed E-state index contributed by atoms with van der Waals surface area (Å²) in [6.07, 6.45) is 4.87. The molecule has 1 amide bonds. The van der Waals surface area contributed by atoms with Gasteiger partial charge in [0.15, 0.2) is 0 Å². The van der Waals surface area contributed by atoms with Gasteiger partial charge < -0.3 is 10.6 Å². The Hall–Kier alpha value is -1.06. The molecule has 0 saturated heterocycles. The highest BCUT2D eigenvalue weighted by atomic mass is 35.5. The van der Waals surface area contributed by atoms with Crippen molar-refractivity contribution < 1.29 is 4.79 Å². The summed E-state index contributed by atoms with van der Waals surface area (Å²) in [6.45, 7) is 3.18. The van der Waals surface area contributed by atoms with Gasteiger partial charge in [-0.2, -0.15) is 0 Å². The minimum Gasteiger partial charge on any atom is -0.337 e. The van der Waals surface area contributed by atoms with Crippen LogP contribution in [0, 0.1) is 0 Å². The van der Waals surface area contributed by atoms with Crippen LogP contribution in [0.15, 0.2) is 24.3 Å². The molecule has 0 spiro atoms. The lowest BCUT2D eigenvalue weighted by molar-refractivity contribution is -0.138. The summed E-state index contributed by atoms with van der Waals surface area (Å²) in [6, 6.07) is 7.66. The molecule has 1 aliphatic carbocycles. The summed E-state index contributed by atoms with van der Waals surface area (Å²) in [5.41, 5.74) is 6.65. The van der Waals surface area contributed by atoms with E-state index in [2.05, 4.69) is 0 Å². The lowest BCUT2D eigenvalue weighted by atomic mass is 9.81. The van der Waals surface area contributed by atoms with Gasteiger partial charge in [0.05, 0.1) is 5.54 Å². The van der Waals surface area contributed by atoms with Crippen molar-refractivity contribution >= 4 is 17.5 Å². The first-order chi connectivity index (χ1) is 9.57. The molecule has 0 heterocycles. The molecule has 4 heteroatoms. The van der Waals surface area contributed by atoms with E-state index >= 15 is 0 Å². The largest absolute Gasteiger partial charge is 0.337 e. The van der Waals surface area contributed by atoms with Crippen LogP contribution in [-0.2, 0) is 11.3 Å². The van der Waals surface area contributed by atoms with Crippen LogP contribution in [-0.4, -0.2) is 22.9 Å². The number of benzene rings is 1. The number of likely N-dealkylation sites (N-methyl/N-ethyl adjacent to an activating group) is 1. The summed E-state index contributed by atoms with van der Waals surface area (Å²) in [4.78, 5) is 14.6. The van der Waals surface area contributed by atoms with Crippen molar-refractivity contribution in [2.24, 2.45) is 5.73 Å². The molecule has 1 aromatic carbocycles. The van der Waals surface area contributed by atoms with Gasteiger partial charge in [0.25, 0.3) is 0 Å². The molecular weight excluding hydrogens is 272 g/mol. The van der Waals surface area contributed by atoms with Gasteiger partial charge in [-0.3, -0.25) is 4.79 Å². The average Bonchev–Trinajstić information content (AvgIpc) is 2.46. The third-order valence-corrected chi connectivity index (χ3v) is 4.53. The Labute approximate surface area is 126 Å². The van der Waals surface area contributed by atoms with E-state index in [-0.39, 0.29) is 5.91 Å². The molecule has 0 radical (unpaired) electrons. The van der Waals surface area contributed by atoms with Gasteiger partial charge in [-0.1, -0.05) is 49.1 Å². The molecule has 20 heavy (non-hydrogen) atoms. The number of hydrogen-bond acceptors (Lipinski definition) is 2. The fraction of sp³-hybridized carbons (Fsp3) is 0.562. The highest BCUT2D eigenvalue weighted by molar-refractivity contribution is 6.31. The summed E-state index contributed by atoms with van der Waals surface area (Å²) in [5.74, 6) is 0.0691. The number of carbonyl (C=O) groups excluding carboxylic acids is 1. The molecule has 1 aromatic rings. The van der Waals surface area contributed by atoms with Crippen molar-refractivity contribution in [2.45, 2.75) is 51.1 Å². The van der Waals surface area contributed by atoms with Crippen LogP contribution in [0.5, 0.6) is 0 Å². The highest BCUT2D eigenvalue weighted by Crippen LogP contribution is 2.28. The van der Waals surface area contributed by atoms with Crippen LogP contribution in [0.1, 0.15) is 44.6 Å². The summed E-state index contributed by atoms with van der Waals surface area (Å²) >= 11 is 6.18. The van der Waals surface area contributed by atoms with Crippen molar-refractivity contribution in [3.63, 3.8) is 0 Å². The quantitative estimate of drug-likeness (QED) is 0.925. The second-order valence-corrected chi connectivity index (χ2v) is 6.03. The van der Waals surface area contributed by atoms with Crippen molar-refractivity contribution in [1.82, 2.24) is 4.90 Å². The summed E-state index contributed by atoms with van der Waals surface area (Å²) in [5, 5.41) is 0.702. The predicted octanol–water partition coefficient (Wildman–Crippen LogP) is 3.35. The van der Waals surface area contributed by atoms with Crippen LogP contribution >= 0.6 is 11.6 Å². The smallest absolute Gasteiger partial charge is 0.242 e. The number of rotatable bonds is 4. The standard InChI is InChI=1S/C16H23ClN2O/c1-2-19(12-13-8-4-5-9-14(13)17)15(20)16(18)10-6-3-7-11-16/h4-5,8-9H,2-3,6-7,10-12,18H2,1H3. The maximum Gasteiger partial charge on any atom is 0.242 e. The number of amides is 1. The normalized spacial score (nSPS) is 17.8. The van der Waals surface area contributed by atoms with E-state index in [1.54, 1.807) is 0 Å². The molecule has 110 valence electrons. The second-order valence-electron chi connectivity index (χ2n) is 5.63. The number of nitrogens with two attached hydrogens (primary N) is 1. The van der Waals surface area contributed by atoms with Gasteiger partial charge in [0.2, 0.25) is 5.91 Å². The molecule has 1 fully saturated rings. The Balaban J connectivity index is 2.11. The number of nitrogens with zero attached hydrogens (tertiary/aromatic N) is 1. The molecular formula is C16H23ClN2O. The molecule has 0 aromatic heterocycles.